The van der Waals surface area contributed by atoms with Crippen LogP contribution in [0.5, 0.6) is 0 Å². The van der Waals surface area contributed by atoms with Gasteiger partial charge in [0.25, 0.3) is 0 Å². The van der Waals surface area contributed by atoms with Crippen molar-refractivity contribution in [3.63, 3.8) is 0 Å². The number of carbonyl (C=O) groups excluding carboxylic acids is 1. The van der Waals surface area contributed by atoms with Gasteiger partial charge in [-0.1, -0.05) is 52.3 Å². The van der Waals surface area contributed by atoms with Crippen LogP contribution in [0.15, 0.2) is 75.6 Å². The molecule has 27 heavy (non-hydrogen) atoms. The molecule has 0 spiro atoms. The lowest BCUT2D eigenvalue weighted by Crippen LogP contribution is -2.40. The van der Waals surface area contributed by atoms with Crippen LogP contribution in [0.4, 0.5) is 0 Å². The first-order valence-corrected chi connectivity index (χ1v) is 10.8. The number of benzene rings is 2. The molecular weight excluding hydrogens is 430 g/mol. The Morgan fingerprint density at radius 1 is 1.15 bits per heavy atom. The highest BCUT2D eigenvalue weighted by Crippen LogP contribution is 2.35. The summed E-state index contributed by atoms with van der Waals surface area (Å²) in [4.78, 5) is 12.4. The molecule has 7 heteroatoms. The fraction of sp³-hybridized carbons (Fsp3) is 0.250. The summed E-state index contributed by atoms with van der Waals surface area (Å²) in [5.74, 6) is -0.472. The highest BCUT2D eigenvalue weighted by molar-refractivity contribution is 9.10. The number of esters is 1. The predicted molar refractivity (Wildman–Crippen MR) is 107 cm³/mol. The zero-order valence-corrected chi connectivity index (χ0v) is 17.2. The summed E-state index contributed by atoms with van der Waals surface area (Å²) in [6.45, 7) is 1.96. The van der Waals surface area contributed by atoms with E-state index in [1.165, 1.54) is 4.31 Å². The van der Waals surface area contributed by atoms with Gasteiger partial charge in [-0.05, 0) is 43.2 Å². The Bertz CT molecular complexity index is 940. The molecule has 1 aliphatic heterocycles. The largest absolute Gasteiger partial charge is 0.463 e. The van der Waals surface area contributed by atoms with Crippen molar-refractivity contribution in [3.05, 3.63) is 76.3 Å². The molecule has 0 radical (unpaired) electrons. The number of carbonyl (C=O) groups is 1. The van der Waals surface area contributed by atoms with Gasteiger partial charge in [-0.3, -0.25) is 0 Å². The zero-order chi connectivity index (χ0) is 19.4. The van der Waals surface area contributed by atoms with Crippen LogP contribution < -0.4 is 0 Å². The van der Waals surface area contributed by atoms with Crippen LogP contribution in [0, 0.1) is 0 Å². The predicted octanol–water partition coefficient (Wildman–Crippen LogP) is 4.07. The molecule has 3 rings (SSSR count). The van der Waals surface area contributed by atoms with Crippen LogP contribution in [-0.4, -0.2) is 31.8 Å². The third kappa shape index (κ3) is 4.31. The molecule has 0 aliphatic carbocycles. The van der Waals surface area contributed by atoms with Gasteiger partial charge in [0.15, 0.2) is 0 Å². The van der Waals surface area contributed by atoms with E-state index >= 15 is 0 Å². The third-order valence-electron chi connectivity index (χ3n) is 4.40. The second kappa shape index (κ2) is 8.37. The molecule has 0 fully saturated rings. The van der Waals surface area contributed by atoms with Gasteiger partial charge in [0.05, 0.1) is 17.5 Å². The maximum atomic E-state index is 13.3. The molecule has 1 aliphatic rings. The maximum Gasteiger partial charge on any atom is 0.335 e. The molecule has 0 saturated heterocycles. The van der Waals surface area contributed by atoms with Gasteiger partial charge in [0.2, 0.25) is 10.0 Å². The molecule has 1 heterocycles. The summed E-state index contributed by atoms with van der Waals surface area (Å²) < 4.78 is 33.9. The van der Waals surface area contributed by atoms with Crippen molar-refractivity contribution in [3.8, 4) is 0 Å². The monoisotopic (exact) mass is 449 g/mol. The summed E-state index contributed by atoms with van der Waals surface area (Å²) in [5, 5.41) is 0. The quantitative estimate of drug-likeness (QED) is 0.645. The van der Waals surface area contributed by atoms with Gasteiger partial charge in [-0.15, -0.1) is 0 Å². The number of halogens is 1. The summed E-state index contributed by atoms with van der Waals surface area (Å²) in [6, 6.07) is 15.6. The SMILES string of the molecule is CCOC(=O)C1=CC[C@H](c2ccccc2)N(S(=O)(=O)c2ccc(Br)cc2)C1. The molecule has 2 aromatic carbocycles. The highest BCUT2D eigenvalue weighted by atomic mass is 79.9. The van der Waals surface area contributed by atoms with Crippen LogP contribution in [0.25, 0.3) is 0 Å². The van der Waals surface area contributed by atoms with Gasteiger partial charge in [0.1, 0.15) is 0 Å². The van der Waals surface area contributed by atoms with E-state index in [9.17, 15) is 13.2 Å². The van der Waals surface area contributed by atoms with Crippen LogP contribution in [-0.2, 0) is 19.6 Å². The van der Waals surface area contributed by atoms with Crippen molar-refractivity contribution in [1.29, 1.82) is 0 Å². The van der Waals surface area contributed by atoms with Crippen LogP contribution in [0.3, 0.4) is 0 Å². The molecule has 0 N–H and O–H groups in total. The standard InChI is InChI=1S/C20H20BrNO4S/c1-2-26-20(23)16-8-13-19(15-6-4-3-5-7-15)22(14-16)27(24,25)18-11-9-17(21)10-12-18/h3-12,19H,2,13-14H2,1H3/t19-/m1/s1. The van der Waals surface area contributed by atoms with E-state index in [1.807, 2.05) is 30.3 Å². The van der Waals surface area contributed by atoms with E-state index in [1.54, 1.807) is 37.3 Å². The van der Waals surface area contributed by atoms with E-state index in [0.29, 0.717) is 12.0 Å². The highest BCUT2D eigenvalue weighted by Gasteiger charge is 2.36. The van der Waals surface area contributed by atoms with Crippen molar-refractivity contribution < 1.29 is 17.9 Å². The Labute approximate surface area is 167 Å². The number of sulfonamides is 1. The Hall–Kier alpha value is -1.96. The Balaban J connectivity index is 2.02. The normalized spacial score (nSPS) is 18.0. The average Bonchev–Trinajstić information content (AvgIpc) is 2.69. The first-order valence-electron chi connectivity index (χ1n) is 8.62. The molecule has 0 unspecified atom stereocenters. The molecule has 142 valence electrons. The van der Waals surface area contributed by atoms with E-state index in [4.69, 9.17) is 4.74 Å². The Kier molecular flexibility index (Phi) is 6.14. The smallest absolute Gasteiger partial charge is 0.335 e. The summed E-state index contributed by atoms with van der Waals surface area (Å²) >= 11 is 3.32. The van der Waals surface area contributed by atoms with E-state index in [2.05, 4.69) is 15.9 Å². The van der Waals surface area contributed by atoms with E-state index in [-0.39, 0.29) is 24.1 Å². The third-order valence-corrected chi connectivity index (χ3v) is 6.80. The second-order valence-electron chi connectivity index (χ2n) is 6.12. The molecular formula is C20H20BrNO4S. The van der Waals surface area contributed by atoms with Gasteiger partial charge in [0, 0.05) is 16.6 Å². The van der Waals surface area contributed by atoms with E-state index < -0.39 is 16.0 Å². The van der Waals surface area contributed by atoms with Crippen molar-refractivity contribution in [2.75, 3.05) is 13.2 Å². The van der Waals surface area contributed by atoms with Gasteiger partial charge < -0.3 is 4.74 Å². The minimum absolute atomic E-state index is 0.0171. The molecule has 0 aromatic heterocycles. The summed E-state index contributed by atoms with van der Waals surface area (Å²) in [5.41, 5.74) is 1.25. The number of hydrogen-bond acceptors (Lipinski definition) is 4. The average molecular weight is 450 g/mol. The van der Waals surface area contributed by atoms with Gasteiger partial charge in [-0.2, -0.15) is 4.31 Å². The zero-order valence-electron chi connectivity index (χ0n) is 14.8. The lowest BCUT2D eigenvalue weighted by molar-refractivity contribution is -0.138. The van der Waals surface area contributed by atoms with Crippen LogP contribution >= 0.6 is 15.9 Å². The number of hydrogen-bond donors (Lipinski definition) is 0. The number of ether oxygens (including phenoxy) is 1. The summed E-state index contributed by atoms with van der Waals surface area (Å²) in [7, 11) is -3.79. The fourth-order valence-corrected chi connectivity index (χ4v) is 4.92. The second-order valence-corrected chi connectivity index (χ2v) is 8.92. The minimum Gasteiger partial charge on any atom is -0.463 e. The lowest BCUT2D eigenvalue weighted by atomic mass is 9.98. The van der Waals surface area contributed by atoms with Crippen molar-refractivity contribution in [2.24, 2.45) is 0 Å². The lowest BCUT2D eigenvalue weighted by Gasteiger charge is -2.34. The molecule has 0 saturated carbocycles. The first kappa shape index (κ1) is 19.8. The van der Waals surface area contributed by atoms with Crippen molar-refractivity contribution >= 4 is 31.9 Å². The minimum atomic E-state index is -3.79. The van der Waals surface area contributed by atoms with Crippen LogP contribution in [0.2, 0.25) is 0 Å². The number of nitrogens with zero attached hydrogens (tertiary/aromatic N) is 1. The summed E-state index contributed by atoms with van der Waals surface area (Å²) in [6.07, 6.45) is 2.19. The first-order chi connectivity index (χ1) is 12.9. The molecule has 1 atom stereocenters. The van der Waals surface area contributed by atoms with E-state index in [0.717, 1.165) is 10.0 Å². The molecule has 5 nitrogen and oxygen atoms in total. The van der Waals surface area contributed by atoms with Gasteiger partial charge in [-0.25, -0.2) is 13.2 Å². The van der Waals surface area contributed by atoms with Crippen molar-refractivity contribution in [1.82, 2.24) is 4.31 Å². The Morgan fingerprint density at radius 2 is 1.81 bits per heavy atom. The fourth-order valence-electron chi connectivity index (χ4n) is 3.06. The molecule has 2 aromatic rings. The Morgan fingerprint density at radius 3 is 2.44 bits per heavy atom. The molecule has 0 bridgehead atoms. The van der Waals surface area contributed by atoms with Crippen LogP contribution in [0.1, 0.15) is 24.9 Å². The molecule has 0 amide bonds. The topological polar surface area (TPSA) is 63.7 Å². The maximum absolute atomic E-state index is 13.3. The van der Waals surface area contributed by atoms with Crippen molar-refractivity contribution in [2.45, 2.75) is 24.3 Å². The van der Waals surface area contributed by atoms with Gasteiger partial charge >= 0.3 is 5.97 Å². The number of rotatable bonds is 5.